The van der Waals surface area contributed by atoms with E-state index < -0.39 is 0 Å². The number of hydrogen-bond donors (Lipinski definition) is 0. The molecule has 262 valence electrons. The minimum atomic E-state index is 1.13. The van der Waals surface area contributed by atoms with E-state index >= 15 is 0 Å². The SMILES string of the molecule is C(=C\c1ccc(-c2cc3ccc4cccc5c4c3c(c2)n5-c2ccccc2)c2ccccc12)/c1ccc2cc(N(c3ccccc3)c3ccccc3)ccc2c1. The van der Waals surface area contributed by atoms with Crippen LogP contribution in [0.3, 0.4) is 0 Å². The van der Waals surface area contributed by atoms with Gasteiger partial charge in [0.1, 0.15) is 0 Å². The van der Waals surface area contributed by atoms with Gasteiger partial charge in [0.05, 0.1) is 11.0 Å². The molecule has 56 heavy (non-hydrogen) atoms. The van der Waals surface area contributed by atoms with Gasteiger partial charge >= 0.3 is 0 Å². The average Bonchev–Trinajstić information content (AvgIpc) is 3.61. The average molecular weight is 713 g/mol. The first-order valence-electron chi connectivity index (χ1n) is 19.3. The number of fused-ring (bicyclic) bond motifs is 2. The summed E-state index contributed by atoms with van der Waals surface area (Å²) >= 11 is 0. The lowest BCUT2D eigenvalue weighted by molar-refractivity contribution is 1.18. The van der Waals surface area contributed by atoms with Gasteiger partial charge in [-0.25, -0.2) is 0 Å². The molecule has 2 heteroatoms. The first-order valence-corrected chi connectivity index (χ1v) is 19.3. The number of anilines is 3. The van der Waals surface area contributed by atoms with Crippen molar-refractivity contribution in [1.82, 2.24) is 4.57 Å². The molecule has 1 aromatic heterocycles. The summed E-state index contributed by atoms with van der Waals surface area (Å²) in [5, 5.41) is 10.1. The Bertz CT molecular complexity index is 3190. The predicted molar refractivity (Wildman–Crippen MR) is 240 cm³/mol. The lowest BCUT2D eigenvalue weighted by Crippen LogP contribution is -2.09. The van der Waals surface area contributed by atoms with Crippen LogP contribution in [0.2, 0.25) is 0 Å². The van der Waals surface area contributed by atoms with Crippen molar-refractivity contribution in [2.75, 3.05) is 4.90 Å². The minimum absolute atomic E-state index is 1.13. The van der Waals surface area contributed by atoms with Gasteiger partial charge < -0.3 is 9.47 Å². The highest BCUT2D eigenvalue weighted by molar-refractivity contribution is 6.25. The zero-order valence-corrected chi connectivity index (χ0v) is 30.7. The van der Waals surface area contributed by atoms with Crippen LogP contribution in [0, 0.1) is 0 Å². The molecule has 0 atom stereocenters. The highest BCUT2D eigenvalue weighted by atomic mass is 15.1. The Hall–Kier alpha value is -7.42. The highest BCUT2D eigenvalue weighted by Crippen LogP contribution is 2.43. The third-order valence-corrected chi connectivity index (χ3v) is 11.3. The smallest absolute Gasteiger partial charge is 0.0553 e. The van der Waals surface area contributed by atoms with Crippen LogP contribution in [-0.4, -0.2) is 4.57 Å². The van der Waals surface area contributed by atoms with E-state index in [2.05, 4.69) is 228 Å². The van der Waals surface area contributed by atoms with Gasteiger partial charge in [-0.3, -0.25) is 0 Å². The Morgan fingerprint density at radius 2 is 1.02 bits per heavy atom. The minimum Gasteiger partial charge on any atom is -0.310 e. The van der Waals surface area contributed by atoms with Gasteiger partial charge in [-0.1, -0.05) is 146 Å². The summed E-state index contributed by atoms with van der Waals surface area (Å²) in [5.41, 5.74) is 11.9. The van der Waals surface area contributed by atoms with Crippen LogP contribution in [0.5, 0.6) is 0 Å². The Balaban J connectivity index is 0.968. The fourth-order valence-corrected chi connectivity index (χ4v) is 8.71. The maximum atomic E-state index is 2.43. The van der Waals surface area contributed by atoms with Gasteiger partial charge in [-0.05, 0) is 127 Å². The van der Waals surface area contributed by atoms with E-state index in [-0.39, 0.29) is 0 Å². The topological polar surface area (TPSA) is 8.17 Å². The third-order valence-electron chi connectivity index (χ3n) is 11.3. The maximum absolute atomic E-state index is 2.43. The monoisotopic (exact) mass is 712 g/mol. The van der Waals surface area contributed by atoms with Crippen molar-refractivity contribution in [1.29, 1.82) is 0 Å². The summed E-state index contributed by atoms with van der Waals surface area (Å²) in [4.78, 5) is 2.31. The van der Waals surface area contributed by atoms with Crippen LogP contribution in [0.1, 0.15) is 11.1 Å². The lowest BCUT2D eigenvalue weighted by Gasteiger charge is -2.25. The molecule has 11 aromatic rings. The fraction of sp³-hybridized carbons (Fsp3) is 0. The van der Waals surface area contributed by atoms with E-state index in [9.17, 15) is 0 Å². The van der Waals surface area contributed by atoms with E-state index in [1.165, 1.54) is 82.1 Å². The molecule has 1 heterocycles. The third kappa shape index (κ3) is 5.34. The zero-order chi connectivity index (χ0) is 37.0. The Labute approximate surface area is 325 Å². The first-order chi connectivity index (χ1) is 27.8. The van der Waals surface area contributed by atoms with Crippen LogP contribution < -0.4 is 4.90 Å². The molecule has 0 saturated heterocycles. The van der Waals surface area contributed by atoms with E-state index in [1.54, 1.807) is 0 Å². The van der Waals surface area contributed by atoms with E-state index in [0.717, 1.165) is 17.1 Å². The number of benzene rings is 10. The summed E-state index contributed by atoms with van der Waals surface area (Å²) < 4.78 is 2.43. The summed E-state index contributed by atoms with van der Waals surface area (Å²) in [7, 11) is 0. The molecule has 0 fully saturated rings. The second-order valence-corrected chi connectivity index (χ2v) is 14.6. The Morgan fingerprint density at radius 1 is 0.375 bits per heavy atom. The molecule has 0 radical (unpaired) electrons. The lowest BCUT2D eigenvalue weighted by atomic mass is 9.92. The Morgan fingerprint density at radius 3 is 1.80 bits per heavy atom. The molecule has 0 aliphatic rings. The van der Waals surface area contributed by atoms with Crippen molar-refractivity contribution in [3.63, 3.8) is 0 Å². The molecule has 10 aromatic carbocycles. The van der Waals surface area contributed by atoms with Crippen molar-refractivity contribution in [3.05, 3.63) is 217 Å². The second-order valence-electron chi connectivity index (χ2n) is 14.6. The van der Waals surface area contributed by atoms with Crippen LogP contribution >= 0.6 is 0 Å². The van der Waals surface area contributed by atoms with E-state index in [0.29, 0.717) is 0 Å². The largest absolute Gasteiger partial charge is 0.310 e. The van der Waals surface area contributed by atoms with Crippen molar-refractivity contribution in [2.45, 2.75) is 0 Å². The molecule has 0 aliphatic heterocycles. The molecule has 0 bridgehead atoms. The normalized spacial score (nSPS) is 11.9. The van der Waals surface area contributed by atoms with Gasteiger partial charge in [0, 0.05) is 33.5 Å². The number of aromatic nitrogens is 1. The number of para-hydroxylation sites is 3. The Kier molecular flexibility index (Phi) is 7.53. The second kappa shape index (κ2) is 13.2. The van der Waals surface area contributed by atoms with Gasteiger partial charge in [0.25, 0.3) is 0 Å². The molecule has 0 unspecified atom stereocenters. The van der Waals surface area contributed by atoms with Crippen LogP contribution in [0.25, 0.3) is 83.1 Å². The van der Waals surface area contributed by atoms with Crippen LogP contribution in [0.4, 0.5) is 17.1 Å². The van der Waals surface area contributed by atoms with Crippen molar-refractivity contribution < 1.29 is 0 Å². The van der Waals surface area contributed by atoms with Gasteiger partial charge in [-0.2, -0.15) is 0 Å². The standard InChI is InChI=1S/C54H36N2/c1-4-14-44(15-5-1)55(45-16-6-2-7-17-45)47-31-29-40-33-37(24-26-41(40)35-47)23-25-38-30-32-49(50-21-11-10-20-48(38)50)43-34-42-28-27-39-13-12-22-51-53(39)54(42)52(36-43)56(51)46-18-8-3-9-19-46/h1-36H/b25-23+. The maximum Gasteiger partial charge on any atom is 0.0553 e. The van der Waals surface area contributed by atoms with Gasteiger partial charge in [0.2, 0.25) is 0 Å². The zero-order valence-electron chi connectivity index (χ0n) is 30.7. The fourth-order valence-electron chi connectivity index (χ4n) is 8.71. The van der Waals surface area contributed by atoms with Crippen molar-refractivity contribution in [3.8, 4) is 16.8 Å². The summed E-state index contributed by atoms with van der Waals surface area (Å²) in [6.45, 7) is 0. The van der Waals surface area contributed by atoms with Crippen LogP contribution in [0.15, 0.2) is 206 Å². The van der Waals surface area contributed by atoms with Gasteiger partial charge in [-0.15, -0.1) is 0 Å². The molecule has 0 aliphatic carbocycles. The quantitative estimate of drug-likeness (QED) is 0.118. The molecule has 2 nitrogen and oxygen atoms in total. The van der Waals surface area contributed by atoms with E-state index in [4.69, 9.17) is 0 Å². The molecular weight excluding hydrogens is 677 g/mol. The van der Waals surface area contributed by atoms with Crippen LogP contribution in [-0.2, 0) is 0 Å². The molecule has 0 amide bonds. The number of rotatable bonds is 7. The molecular formula is C54H36N2. The van der Waals surface area contributed by atoms with E-state index in [1.807, 2.05) is 0 Å². The highest BCUT2D eigenvalue weighted by Gasteiger charge is 2.19. The summed E-state index contributed by atoms with van der Waals surface area (Å²) in [5.74, 6) is 0. The molecule has 11 rings (SSSR count). The predicted octanol–water partition coefficient (Wildman–Crippen LogP) is 15.0. The van der Waals surface area contributed by atoms with Crippen molar-refractivity contribution in [2.24, 2.45) is 0 Å². The van der Waals surface area contributed by atoms with Gasteiger partial charge in [0.15, 0.2) is 0 Å². The molecule has 0 spiro atoms. The number of hydrogen-bond acceptors (Lipinski definition) is 1. The summed E-state index contributed by atoms with van der Waals surface area (Å²) in [6, 6.07) is 74.8. The molecule has 0 N–H and O–H groups in total. The number of nitrogens with zero attached hydrogens (tertiary/aromatic N) is 2. The summed E-state index contributed by atoms with van der Waals surface area (Å²) in [6.07, 6.45) is 4.50. The van der Waals surface area contributed by atoms with Crippen molar-refractivity contribution >= 4 is 83.3 Å². The first kappa shape index (κ1) is 32.0. The molecule has 0 saturated carbocycles.